The Morgan fingerprint density at radius 1 is 0.783 bits per heavy atom. The van der Waals surface area contributed by atoms with Gasteiger partial charge in [-0.05, 0) is 24.0 Å². The van der Waals surface area contributed by atoms with Gasteiger partial charge in [0.05, 0.1) is 11.8 Å². The lowest BCUT2D eigenvalue weighted by Crippen LogP contribution is -2.42. The molecule has 5 aliphatic rings. The molecular weight excluding hydrogens is 286 g/mol. The second-order valence-corrected chi connectivity index (χ2v) is 7.46. The lowest BCUT2D eigenvalue weighted by molar-refractivity contribution is -0.143. The van der Waals surface area contributed by atoms with Crippen LogP contribution < -0.4 is 0 Å². The third kappa shape index (κ3) is 1.71. The van der Waals surface area contributed by atoms with E-state index in [1.807, 2.05) is 12.1 Å². The average Bonchev–Trinajstić information content (AvgIpc) is 2.89. The Labute approximate surface area is 136 Å². The number of imide groups is 1. The largest absolute Gasteiger partial charge is 0.279 e. The predicted octanol–water partition coefficient (Wildman–Crippen LogP) is 3.37. The van der Waals surface area contributed by atoms with Crippen LogP contribution in [0.1, 0.15) is 55.1 Å². The SMILES string of the molecule is O=C1C2C3C=CC(c4ccccc43)C2C(=O)N1C1CCCCC1. The number of amides is 2. The maximum Gasteiger partial charge on any atom is 0.234 e. The van der Waals surface area contributed by atoms with Gasteiger partial charge in [0.1, 0.15) is 0 Å². The summed E-state index contributed by atoms with van der Waals surface area (Å²) in [6, 6.07) is 8.50. The standard InChI is InChI=1S/C20H21NO2/c22-19-17-15-10-11-16(14-9-5-4-8-13(14)15)18(17)20(23)21(19)12-6-2-1-3-7-12/h4-5,8-12,15-18H,1-3,6-7H2. The van der Waals surface area contributed by atoms with E-state index in [0.717, 1.165) is 25.7 Å². The van der Waals surface area contributed by atoms with Crippen molar-refractivity contribution in [3.05, 3.63) is 47.5 Å². The molecule has 1 aromatic carbocycles. The van der Waals surface area contributed by atoms with Crippen molar-refractivity contribution in [1.29, 1.82) is 0 Å². The van der Waals surface area contributed by atoms with Crippen LogP contribution in [0, 0.1) is 11.8 Å². The van der Waals surface area contributed by atoms with Crippen LogP contribution in [-0.2, 0) is 9.59 Å². The van der Waals surface area contributed by atoms with Crippen LogP contribution in [0.4, 0.5) is 0 Å². The molecule has 1 aromatic rings. The molecule has 23 heavy (non-hydrogen) atoms. The molecule has 1 aliphatic heterocycles. The van der Waals surface area contributed by atoms with E-state index in [1.54, 1.807) is 4.90 Å². The van der Waals surface area contributed by atoms with E-state index in [2.05, 4.69) is 24.3 Å². The van der Waals surface area contributed by atoms with Gasteiger partial charge in [-0.2, -0.15) is 0 Å². The summed E-state index contributed by atoms with van der Waals surface area (Å²) < 4.78 is 0. The van der Waals surface area contributed by atoms with Crippen molar-refractivity contribution in [2.75, 3.05) is 0 Å². The van der Waals surface area contributed by atoms with Gasteiger partial charge in [-0.3, -0.25) is 14.5 Å². The fourth-order valence-electron chi connectivity index (χ4n) is 5.38. The fraction of sp³-hybridized carbons (Fsp3) is 0.500. The Morgan fingerprint density at radius 3 is 1.83 bits per heavy atom. The molecule has 4 unspecified atom stereocenters. The highest BCUT2D eigenvalue weighted by atomic mass is 16.2. The molecule has 2 fully saturated rings. The number of hydrogen-bond donors (Lipinski definition) is 0. The van der Waals surface area contributed by atoms with Crippen LogP contribution in [0.5, 0.6) is 0 Å². The second-order valence-electron chi connectivity index (χ2n) is 7.46. The summed E-state index contributed by atoms with van der Waals surface area (Å²) in [4.78, 5) is 27.9. The summed E-state index contributed by atoms with van der Waals surface area (Å²) in [5.41, 5.74) is 2.51. The Hall–Kier alpha value is -1.90. The molecule has 4 atom stereocenters. The van der Waals surface area contributed by atoms with Gasteiger partial charge in [-0.15, -0.1) is 0 Å². The maximum absolute atomic E-state index is 13.1. The summed E-state index contributed by atoms with van der Waals surface area (Å²) >= 11 is 0. The Kier molecular flexibility index (Phi) is 2.82. The number of nitrogens with zero attached hydrogens (tertiary/aromatic N) is 1. The molecule has 3 nitrogen and oxygen atoms in total. The van der Waals surface area contributed by atoms with Crippen molar-refractivity contribution in [3.63, 3.8) is 0 Å². The van der Waals surface area contributed by atoms with E-state index in [4.69, 9.17) is 0 Å². The highest BCUT2D eigenvalue weighted by Gasteiger charge is 2.59. The van der Waals surface area contributed by atoms with Gasteiger partial charge in [0.2, 0.25) is 11.8 Å². The van der Waals surface area contributed by atoms with Gasteiger partial charge in [0, 0.05) is 17.9 Å². The minimum Gasteiger partial charge on any atom is -0.279 e. The monoisotopic (exact) mass is 307 g/mol. The zero-order valence-corrected chi connectivity index (χ0v) is 13.2. The number of hydrogen-bond acceptors (Lipinski definition) is 2. The van der Waals surface area contributed by atoms with Gasteiger partial charge in [-0.1, -0.05) is 55.7 Å². The van der Waals surface area contributed by atoms with E-state index >= 15 is 0 Å². The van der Waals surface area contributed by atoms with Crippen molar-refractivity contribution >= 4 is 11.8 Å². The Morgan fingerprint density at radius 2 is 1.30 bits per heavy atom. The minimum atomic E-state index is -0.158. The summed E-state index contributed by atoms with van der Waals surface area (Å²) in [5, 5.41) is 0. The number of benzene rings is 1. The molecule has 6 rings (SSSR count). The first-order valence-corrected chi connectivity index (χ1v) is 8.91. The van der Waals surface area contributed by atoms with Gasteiger partial charge < -0.3 is 0 Å². The van der Waals surface area contributed by atoms with Gasteiger partial charge in [0.25, 0.3) is 0 Å². The Balaban J connectivity index is 1.57. The van der Waals surface area contributed by atoms with E-state index < -0.39 is 0 Å². The molecule has 118 valence electrons. The first kappa shape index (κ1) is 13.5. The van der Waals surface area contributed by atoms with Gasteiger partial charge in [-0.25, -0.2) is 0 Å². The lowest BCUT2D eigenvalue weighted by Gasteiger charge is -2.40. The summed E-state index contributed by atoms with van der Waals surface area (Å²) in [6.07, 6.45) is 9.84. The highest BCUT2D eigenvalue weighted by Crippen LogP contribution is 2.56. The zero-order chi connectivity index (χ0) is 15.6. The molecule has 2 amide bonds. The van der Waals surface area contributed by atoms with E-state index in [0.29, 0.717) is 0 Å². The lowest BCUT2D eigenvalue weighted by atomic mass is 9.61. The molecule has 1 saturated carbocycles. The molecule has 1 saturated heterocycles. The van der Waals surface area contributed by atoms with Crippen LogP contribution in [0.25, 0.3) is 0 Å². The Bertz CT molecular complexity index is 665. The quantitative estimate of drug-likeness (QED) is 0.589. The van der Waals surface area contributed by atoms with Crippen LogP contribution in [0.3, 0.4) is 0 Å². The molecule has 2 bridgehead atoms. The highest BCUT2D eigenvalue weighted by molar-refractivity contribution is 6.07. The minimum absolute atomic E-state index is 0.0891. The van der Waals surface area contributed by atoms with Gasteiger partial charge >= 0.3 is 0 Å². The van der Waals surface area contributed by atoms with Crippen molar-refractivity contribution in [1.82, 2.24) is 4.90 Å². The summed E-state index contributed by atoms with van der Waals surface area (Å²) in [5.74, 6) is 0.0580. The summed E-state index contributed by atoms with van der Waals surface area (Å²) in [6.45, 7) is 0. The van der Waals surface area contributed by atoms with E-state index in [-0.39, 0.29) is 41.5 Å². The fourth-order valence-corrected chi connectivity index (χ4v) is 5.38. The molecule has 3 heteroatoms. The maximum atomic E-state index is 13.1. The van der Waals surface area contributed by atoms with Crippen molar-refractivity contribution in [2.45, 2.75) is 50.0 Å². The number of carbonyl (C=O) groups is 2. The summed E-state index contributed by atoms with van der Waals surface area (Å²) in [7, 11) is 0. The van der Waals surface area contributed by atoms with E-state index in [9.17, 15) is 9.59 Å². The first-order valence-electron chi connectivity index (χ1n) is 8.91. The van der Waals surface area contributed by atoms with Crippen LogP contribution in [0.2, 0.25) is 0 Å². The zero-order valence-electron chi connectivity index (χ0n) is 13.2. The van der Waals surface area contributed by atoms with Crippen LogP contribution in [0.15, 0.2) is 36.4 Å². The number of likely N-dealkylation sites (tertiary alicyclic amines) is 1. The van der Waals surface area contributed by atoms with Gasteiger partial charge in [0.15, 0.2) is 0 Å². The first-order chi connectivity index (χ1) is 11.3. The van der Waals surface area contributed by atoms with Crippen LogP contribution in [-0.4, -0.2) is 22.8 Å². The molecular formula is C20H21NO2. The molecule has 4 aliphatic carbocycles. The molecule has 1 heterocycles. The predicted molar refractivity (Wildman–Crippen MR) is 86.8 cm³/mol. The van der Waals surface area contributed by atoms with E-state index in [1.165, 1.54) is 17.5 Å². The number of carbonyl (C=O) groups excluding carboxylic acids is 2. The average molecular weight is 307 g/mol. The van der Waals surface area contributed by atoms with Crippen molar-refractivity contribution in [3.8, 4) is 0 Å². The van der Waals surface area contributed by atoms with Crippen molar-refractivity contribution in [2.24, 2.45) is 11.8 Å². The molecule has 0 spiro atoms. The second kappa shape index (κ2) is 4.80. The third-order valence-electron chi connectivity index (χ3n) is 6.39. The molecule has 0 N–H and O–H groups in total. The topological polar surface area (TPSA) is 37.4 Å². The normalized spacial score (nSPS) is 35.6. The van der Waals surface area contributed by atoms with Crippen LogP contribution >= 0.6 is 0 Å². The molecule has 0 aromatic heterocycles. The third-order valence-corrected chi connectivity index (χ3v) is 6.39. The van der Waals surface area contributed by atoms with Crippen molar-refractivity contribution < 1.29 is 9.59 Å². The number of rotatable bonds is 1. The smallest absolute Gasteiger partial charge is 0.234 e. The molecule has 0 radical (unpaired) electrons. The number of allylic oxidation sites excluding steroid dienone is 2.